The van der Waals surface area contributed by atoms with Gasteiger partial charge in [-0.1, -0.05) is 0 Å². The molecule has 1 fully saturated rings. The predicted octanol–water partition coefficient (Wildman–Crippen LogP) is 3.59. The van der Waals surface area contributed by atoms with Crippen LogP contribution >= 0.6 is 0 Å². The third kappa shape index (κ3) is 3.57. The molecule has 1 aliphatic heterocycles. The molecule has 2 amide bonds. The maximum atomic E-state index is 12.7. The Morgan fingerprint density at radius 3 is 1.83 bits per heavy atom. The largest absolute Gasteiger partial charge is 0.436 e. The molecular formula is C13H9F6NO3. The highest BCUT2D eigenvalue weighted by molar-refractivity contribution is 5.99. The van der Waals surface area contributed by atoms with E-state index in [4.69, 9.17) is 0 Å². The van der Waals surface area contributed by atoms with Crippen molar-refractivity contribution in [2.75, 3.05) is 0 Å². The number of carbonyl (C=O) groups is 2. The second-order valence-corrected chi connectivity index (χ2v) is 4.86. The molecule has 0 N–H and O–H groups in total. The second-order valence-electron chi connectivity index (χ2n) is 4.86. The van der Waals surface area contributed by atoms with Crippen molar-refractivity contribution < 1.29 is 40.7 Å². The number of rotatable bonds is 2. The zero-order valence-electron chi connectivity index (χ0n) is 11.5. The van der Waals surface area contributed by atoms with Gasteiger partial charge in [0.1, 0.15) is 0 Å². The fourth-order valence-electron chi connectivity index (χ4n) is 2.01. The molecule has 1 atom stereocenters. The van der Waals surface area contributed by atoms with E-state index in [-0.39, 0.29) is 6.07 Å². The average molecular weight is 341 g/mol. The van der Waals surface area contributed by atoms with Gasteiger partial charge in [-0.15, -0.1) is 0 Å². The normalized spacial score (nSPS) is 19.3. The monoisotopic (exact) mass is 341 g/mol. The molecule has 23 heavy (non-hydrogen) atoms. The molecule has 1 heterocycles. The maximum Gasteiger partial charge on any atom is 0.417 e. The van der Waals surface area contributed by atoms with E-state index in [1.165, 1.54) is 6.92 Å². The summed E-state index contributed by atoms with van der Waals surface area (Å²) in [5.74, 6) is -0.832. The molecule has 10 heteroatoms. The van der Waals surface area contributed by atoms with Crippen molar-refractivity contribution in [3.8, 4) is 0 Å². The first kappa shape index (κ1) is 17.1. The Kier molecular flexibility index (Phi) is 4.03. The lowest BCUT2D eigenvalue weighted by Crippen LogP contribution is -2.30. The van der Waals surface area contributed by atoms with Crippen LogP contribution in [-0.4, -0.2) is 23.0 Å². The molecule has 1 saturated heterocycles. The number of nitrogens with zero attached hydrogens (tertiary/aromatic N) is 1. The third-order valence-corrected chi connectivity index (χ3v) is 3.10. The SMILES string of the molecule is CC1OC(=O)N(Cc2cc(C(F)(F)F)cc(C(F)(F)F)c2)C1=O. The fraction of sp³-hybridized carbons (Fsp3) is 0.385. The summed E-state index contributed by atoms with van der Waals surface area (Å²) in [6.07, 6.45) is -12.2. The van der Waals surface area contributed by atoms with Gasteiger partial charge in [0, 0.05) is 0 Å². The number of imide groups is 1. The van der Waals surface area contributed by atoms with Gasteiger partial charge < -0.3 is 4.74 Å². The summed E-state index contributed by atoms with van der Waals surface area (Å²) >= 11 is 0. The minimum absolute atomic E-state index is 0.0315. The Morgan fingerprint density at radius 2 is 1.48 bits per heavy atom. The van der Waals surface area contributed by atoms with Crippen molar-refractivity contribution in [3.05, 3.63) is 34.9 Å². The standard InChI is InChI=1S/C13H9F6NO3/c1-6-10(21)20(11(22)23-6)5-7-2-8(12(14,15)16)4-9(3-7)13(17,18)19/h2-4,6H,5H2,1H3. The van der Waals surface area contributed by atoms with Crippen LogP contribution in [0.4, 0.5) is 31.1 Å². The number of hydrogen-bond acceptors (Lipinski definition) is 3. The third-order valence-electron chi connectivity index (χ3n) is 3.10. The molecule has 1 unspecified atom stereocenters. The Morgan fingerprint density at radius 1 is 1.00 bits per heavy atom. The highest BCUT2D eigenvalue weighted by atomic mass is 19.4. The van der Waals surface area contributed by atoms with E-state index in [9.17, 15) is 35.9 Å². The molecule has 4 nitrogen and oxygen atoms in total. The molecule has 2 rings (SSSR count). The molecule has 0 spiro atoms. The lowest BCUT2D eigenvalue weighted by Gasteiger charge is -2.16. The van der Waals surface area contributed by atoms with Crippen molar-refractivity contribution in [3.63, 3.8) is 0 Å². The number of amides is 2. The Labute approximate surface area is 125 Å². The molecule has 0 bridgehead atoms. The van der Waals surface area contributed by atoms with Crippen LogP contribution in [0.1, 0.15) is 23.6 Å². The molecule has 0 saturated carbocycles. The van der Waals surface area contributed by atoms with E-state index < -0.39 is 53.7 Å². The van der Waals surface area contributed by atoms with E-state index in [2.05, 4.69) is 4.74 Å². The van der Waals surface area contributed by atoms with Crippen LogP contribution < -0.4 is 0 Å². The van der Waals surface area contributed by atoms with Crippen molar-refractivity contribution in [1.29, 1.82) is 0 Å². The Balaban J connectivity index is 2.42. The number of hydrogen-bond donors (Lipinski definition) is 0. The number of cyclic esters (lactones) is 1. The highest BCUT2D eigenvalue weighted by Crippen LogP contribution is 2.36. The number of benzene rings is 1. The Bertz CT molecular complexity index is 620. The van der Waals surface area contributed by atoms with E-state index in [0.717, 1.165) is 0 Å². The molecular weight excluding hydrogens is 332 g/mol. The van der Waals surface area contributed by atoms with Gasteiger partial charge in [0.05, 0.1) is 17.7 Å². The summed E-state index contributed by atoms with van der Waals surface area (Å²) in [7, 11) is 0. The minimum atomic E-state index is -5.00. The summed E-state index contributed by atoms with van der Waals surface area (Å²) in [5.41, 5.74) is -3.52. The van der Waals surface area contributed by atoms with Gasteiger partial charge in [-0.2, -0.15) is 26.3 Å². The molecule has 1 aliphatic rings. The van der Waals surface area contributed by atoms with Gasteiger partial charge in [-0.3, -0.25) is 4.79 Å². The zero-order valence-corrected chi connectivity index (χ0v) is 11.5. The summed E-state index contributed by atoms with van der Waals surface area (Å²) in [5, 5.41) is 0. The lowest BCUT2D eigenvalue weighted by atomic mass is 10.0. The summed E-state index contributed by atoms with van der Waals surface area (Å²) < 4.78 is 80.9. The summed E-state index contributed by atoms with van der Waals surface area (Å²) in [6, 6.07) is 0.883. The quantitative estimate of drug-likeness (QED) is 0.773. The van der Waals surface area contributed by atoms with Crippen LogP contribution in [0.15, 0.2) is 18.2 Å². The number of halogens is 6. The molecule has 0 aromatic heterocycles. The van der Waals surface area contributed by atoms with Crippen LogP contribution in [0.3, 0.4) is 0 Å². The fourth-order valence-corrected chi connectivity index (χ4v) is 2.01. The number of alkyl halides is 6. The van der Waals surface area contributed by atoms with E-state index >= 15 is 0 Å². The van der Waals surface area contributed by atoms with E-state index in [1.54, 1.807) is 0 Å². The van der Waals surface area contributed by atoms with Gasteiger partial charge in [-0.05, 0) is 30.7 Å². The van der Waals surface area contributed by atoms with Gasteiger partial charge in [-0.25, -0.2) is 9.69 Å². The molecule has 0 radical (unpaired) electrons. The van der Waals surface area contributed by atoms with E-state index in [0.29, 0.717) is 17.0 Å². The Hall–Kier alpha value is -2.26. The summed E-state index contributed by atoms with van der Waals surface area (Å²) in [4.78, 5) is 23.5. The van der Waals surface area contributed by atoms with Crippen LogP contribution in [0.25, 0.3) is 0 Å². The number of carbonyl (C=O) groups excluding carboxylic acids is 2. The first-order valence-corrected chi connectivity index (χ1v) is 6.20. The van der Waals surface area contributed by atoms with Crippen LogP contribution in [0, 0.1) is 0 Å². The molecule has 126 valence electrons. The molecule has 1 aromatic carbocycles. The van der Waals surface area contributed by atoms with Crippen LogP contribution in [-0.2, 0) is 28.4 Å². The van der Waals surface area contributed by atoms with Crippen molar-refractivity contribution in [2.24, 2.45) is 0 Å². The van der Waals surface area contributed by atoms with Gasteiger partial charge in [0.2, 0.25) is 0 Å². The van der Waals surface area contributed by atoms with Gasteiger partial charge >= 0.3 is 18.4 Å². The van der Waals surface area contributed by atoms with Gasteiger partial charge in [0.15, 0.2) is 6.10 Å². The topological polar surface area (TPSA) is 46.6 Å². The first-order chi connectivity index (χ1) is 10.4. The van der Waals surface area contributed by atoms with Crippen molar-refractivity contribution >= 4 is 12.0 Å². The second kappa shape index (κ2) is 5.43. The lowest BCUT2D eigenvalue weighted by molar-refractivity contribution is -0.143. The first-order valence-electron chi connectivity index (χ1n) is 6.20. The zero-order chi connectivity index (χ0) is 17.6. The minimum Gasteiger partial charge on any atom is -0.436 e. The van der Waals surface area contributed by atoms with Crippen LogP contribution in [0.5, 0.6) is 0 Å². The molecule has 1 aromatic rings. The molecule has 0 aliphatic carbocycles. The highest BCUT2D eigenvalue weighted by Gasteiger charge is 2.40. The summed E-state index contributed by atoms with van der Waals surface area (Å²) in [6.45, 7) is 0.502. The maximum absolute atomic E-state index is 12.7. The van der Waals surface area contributed by atoms with Gasteiger partial charge in [0.25, 0.3) is 5.91 Å². The van der Waals surface area contributed by atoms with Crippen molar-refractivity contribution in [2.45, 2.75) is 31.9 Å². The van der Waals surface area contributed by atoms with Crippen LogP contribution in [0.2, 0.25) is 0 Å². The number of ether oxygens (including phenoxy) is 1. The predicted molar refractivity (Wildman–Crippen MR) is 62.9 cm³/mol. The van der Waals surface area contributed by atoms with E-state index in [1.807, 2.05) is 0 Å². The average Bonchev–Trinajstić information content (AvgIpc) is 2.63. The van der Waals surface area contributed by atoms with Crippen molar-refractivity contribution in [1.82, 2.24) is 4.90 Å². The smallest absolute Gasteiger partial charge is 0.417 e.